The third kappa shape index (κ3) is 3.98. The van der Waals surface area contributed by atoms with Crippen molar-refractivity contribution < 1.29 is 22.0 Å². The summed E-state index contributed by atoms with van der Waals surface area (Å²) in [5.41, 5.74) is 0.964. The van der Waals surface area contributed by atoms with E-state index >= 15 is 0 Å². The Morgan fingerprint density at radius 3 is 2.30 bits per heavy atom. The van der Waals surface area contributed by atoms with Crippen molar-refractivity contribution in [2.24, 2.45) is 0 Å². The third-order valence-electron chi connectivity index (χ3n) is 4.79. The minimum atomic E-state index is -3.97. The molecule has 1 aliphatic heterocycles. The van der Waals surface area contributed by atoms with Gasteiger partial charge in [-0.05, 0) is 36.4 Å². The SMILES string of the molecule is O=C(c1csc(-c2ccc(F)cc2)n1)N1CCN(S(=O)(=O)c2ccccc2F)CC1. The van der Waals surface area contributed by atoms with E-state index in [4.69, 9.17) is 0 Å². The van der Waals surface area contributed by atoms with Crippen LogP contribution in [0, 0.1) is 11.6 Å². The second kappa shape index (κ2) is 8.21. The van der Waals surface area contributed by atoms with E-state index in [0.717, 1.165) is 6.07 Å². The van der Waals surface area contributed by atoms with E-state index in [2.05, 4.69) is 4.98 Å². The quantitative estimate of drug-likeness (QED) is 0.613. The summed E-state index contributed by atoms with van der Waals surface area (Å²) in [6.45, 7) is 0.487. The number of hydrogen-bond donors (Lipinski definition) is 0. The van der Waals surface area contributed by atoms with Crippen LogP contribution in [0.5, 0.6) is 0 Å². The van der Waals surface area contributed by atoms with Crippen LogP contribution in [-0.2, 0) is 10.0 Å². The number of thiazole rings is 1. The summed E-state index contributed by atoms with van der Waals surface area (Å²) in [5.74, 6) is -1.45. The fourth-order valence-corrected chi connectivity index (χ4v) is 5.47. The van der Waals surface area contributed by atoms with Gasteiger partial charge in [0.25, 0.3) is 5.91 Å². The molecule has 0 spiro atoms. The number of nitrogens with zero attached hydrogens (tertiary/aromatic N) is 3. The first-order chi connectivity index (χ1) is 14.4. The van der Waals surface area contributed by atoms with Crippen LogP contribution < -0.4 is 0 Å². The highest BCUT2D eigenvalue weighted by Gasteiger charge is 2.32. The number of carbonyl (C=O) groups is 1. The molecule has 0 saturated carbocycles. The van der Waals surface area contributed by atoms with Crippen LogP contribution in [0.1, 0.15) is 10.5 Å². The normalized spacial score (nSPS) is 15.3. The molecule has 10 heteroatoms. The molecule has 0 N–H and O–H groups in total. The molecule has 2 aromatic carbocycles. The molecular formula is C20H17F2N3O3S2. The molecule has 0 atom stereocenters. The van der Waals surface area contributed by atoms with Gasteiger partial charge >= 0.3 is 0 Å². The fraction of sp³-hybridized carbons (Fsp3) is 0.200. The molecule has 0 aliphatic carbocycles. The standard InChI is InChI=1S/C20H17F2N3O3S2/c21-15-7-5-14(6-8-15)19-23-17(13-29-19)20(26)24-9-11-25(12-10-24)30(27,28)18-4-2-1-3-16(18)22/h1-8,13H,9-12H2. The van der Waals surface area contributed by atoms with Gasteiger partial charge in [0.2, 0.25) is 10.0 Å². The van der Waals surface area contributed by atoms with E-state index in [1.54, 1.807) is 17.5 Å². The van der Waals surface area contributed by atoms with E-state index in [-0.39, 0.29) is 48.5 Å². The molecule has 1 amide bonds. The van der Waals surface area contributed by atoms with Gasteiger partial charge in [0.1, 0.15) is 27.2 Å². The van der Waals surface area contributed by atoms with Crippen LogP contribution in [0.2, 0.25) is 0 Å². The van der Waals surface area contributed by atoms with Gasteiger partial charge in [-0.1, -0.05) is 12.1 Å². The van der Waals surface area contributed by atoms with Crippen molar-refractivity contribution >= 4 is 27.3 Å². The van der Waals surface area contributed by atoms with Crippen molar-refractivity contribution in [2.45, 2.75) is 4.90 Å². The number of aromatic nitrogens is 1. The van der Waals surface area contributed by atoms with Crippen LogP contribution in [0.25, 0.3) is 10.6 Å². The van der Waals surface area contributed by atoms with Crippen molar-refractivity contribution in [3.63, 3.8) is 0 Å². The highest BCUT2D eigenvalue weighted by Crippen LogP contribution is 2.25. The highest BCUT2D eigenvalue weighted by atomic mass is 32.2. The first-order valence-corrected chi connectivity index (χ1v) is 11.4. The Kier molecular flexibility index (Phi) is 5.63. The molecule has 156 valence electrons. The molecule has 1 aliphatic rings. The molecular weight excluding hydrogens is 432 g/mol. The number of piperazine rings is 1. The summed E-state index contributed by atoms with van der Waals surface area (Å²) in [6.07, 6.45) is 0. The van der Waals surface area contributed by atoms with Gasteiger partial charge in [0.15, 0.2) is 0 Å². The van der Waals surface area contributed by atoms with E-state index in [9.17, 15) is 22.0 Å². The lowest BCUT2D eigenvalue weighted by atomic mass is 10.2. The molecule has 0 unspecified atom stereocenters. The van der Waals surface area contributed by atoms with Crippen molar-refractivity contribution in [1.29, 1.82) is 0 Å². The zero-order valence-corrected chi connectivity index (χ0v) is 17.3. The number of sulfonamides is 1. The number of hydrogen-bond acceptors (Lipinski definition) is 5. The summed E-state index contributed by atoms with van der Waals surface area (Å²) in [4.78, 5) is 18.3. The molecule has 1 aromatic heterocycles. The maximum atomic E-state index is 13.9. The summed E-state index contributed by atoms with van der Waals surface area (Å²) in [6, 6.07) is 11.1. The van der Waals surface area contributed by atoms with Crippen molar-refractivity contribution in [1.82, 2.24) is 14.2 Å². The van der Waals surface area contributed by atoms with Crippen molar-refractivity contribution in [3.05, 3.63) is 71.2 Å². The smallest absolute Gasteiger partial charge is 0.273 e. The molecule has 30 heavy (non-hydrogen) atoms. The Labute approximate surface area is 176 Å². The Balaban J connectivity index is 1.44. The molecule has 0 radical (unpaired) electrons. The lowest BCUT2D eigenvalue weighted by Crippen LogP contribution is -2.50. The zero-order chi connectivity index (χ0) is 21.3. The van der Waals surface area contributed by atoms with Gasteiger partial charge < -0.3 is 4.90 Å². The first-order valence-electron chi connectivity index (χ1n) is 9.12. The summed E-state index contributed by atoms with van der Waals surface area (Å²) < 4.78 is 53.6. The Hall–Kier alpha value is -2.69. The number of benzene rings is 2. The lowest BCUT2D eigenvalue weighted by molar-refractivity contribution is 0.0692. The predicted octanol–water partition coefficient (Wildman–Crippen LogP) is 3.24. The molecule has 0 bridgehead atoms. The Morgan fingerprint density at radius 1 is 0.967 bits per heavy atom. The molecule has 2 heterocycles. The largest absolute Gasteiger partial charge is 0.335 e. The van der Waals surface area contributed by atoms with Gasteiger partial charge in [0, 0.05) is 37.1 Å². The average Bonchev–Trinajstić information content (AvgIpc) is 3.24. The molecule has 4 rings (SSSR count). The third-order valence-corrected chi connectivity index (χ3v) is 7.62. The summed E-state index contributed by atoms with van der Waals surface area (Å²) in [5, 5.41) is 2.22. The predicted molar refractivity (Wildman–Crippen MR) is 109 cm³/mol. The van der Waals surface area contributed by atoms with Crippen LogP contribution in [0.3, 0.4) is 0 Å². The molecule has 1 saturated heterocycles. The maximum absolute atomic E-state index is 13.9. The number of carbonyl (C=O) groups excluding carboxylic acids is 1. The van der Waals surface area contributed by atoms with Crippen molar-refractivity contribution in [2.75, 3.05) is 26.2 Å². The van der Waals surface area contributed by atoms with Gasteiger partial charge in [0.05, 0.1) is 0 Å². The fourth-order valence-electron chi connectivity index (χ4n) is 3.18. The summed E-state index contributed by atoms with van der Waals surface area (Å²) in [7, 11) is -3.97. The second-order valence-electron chi connectivity index (χ2n) is 6.67. The van der Waals surface area contributed by atoms with Crippen LogP contribution >= 0.6 is 11.3 Å². The monoisotopic (exact) mass is 449 g/mol. The van der Waals surface area contributed by atoms with E-state index in [1.807, 2.05) is 0 Å². The number of rotatable bonds is 4. The van der Waals surface area contributed by atoms with Gasteiger partial charge in [-0.15, -0.1) is 11.3 Å². The minimum Gasteiger partial charge on any atom is -0.335 e. The summed E-state index contributed by atoms with van der Waals surface area (Å²) >= 11 is 1.28. The highest BCUT2D eigenvalue weighted by molar-refractivity contribution is 7.89. The minimum absolute atomic E-state index is 0.0668. The first kappa shape index (κ1) is 20.6. The second-order valence-corrected chi connectivity index (χ2v) is 9.44. The molecule has 1 fully saturated rings. The Morgan fingerprint density at radius 2 is 1.63 bits per heavy atom. The van der Waals surface area contributed by atoms with Crippen LogP contribution in [0.4, 0.5) is 8.78 Å². The van der Waals surface area contributed by atoms with Gasteiger partial charge in [-0.3, -0.25) is 4.79 Å². The van der Waals surface area contributed by atoms with Crippen LogP contribution in [0.15, 0.2) is 58.8 Å². The van der Waals surface area contributed by atoms with Crippen LogP contribution in [-0.4, -0.2) is 54.7 Å². The van der Waals surface area contributed by atoms with E-state index < -0.39 is 15.8 Å². The van der Waals surface area contributed by atoms with Crippen molar-refractivity contribution in [3.8, 4) is 10.6 Å². The van der Waals surface area contributed by atoms with E-state index in [0.29, 0.717) is 10.6 Å². The van der Waals surface area contributed by atoms with Gasteiger partial charge in [-0.2, -0.15) is 4.31 Å². The molecule has 6 nitrogen and oxygen atoms in total. The van der Waals surface area contributed by atoms with Gasteiger partial charge in [-0.25, -0.2) is 22.2 Å². The van der Waals surface area contributed by atoms with E-state index in [1.165, 1.54) is 50.9 Å². The Bertz CT molecular complexity index is 1170. The molecule has 3 aromatic rings. The zero-order valence-electron chi connectivity index (χ0n) is 15.7. The number of amides is 1. The lowest BCUT2D eigenvalue weighted by Gasteiger charge is -2.33. The number of halogens is 2. The topological polar surface area (TPSA) is 70.6 Å². The average molecular weight is 450 g/mol. The maximum Gasteiger partial charge on any atom is 0.273 e.